The van der Waals surface area contributed by atoms with Crippen molar-refractivity contribution in [2.45, 2.75) is 0 Å². The highest BCUT2D eigenvalue weighted by molar-refractivity contribution is 9.10. The number of nitrogen functional groups attached to an aromatic ring is 1. The van der Waals surface area contributed by atoms with Gasteiger partial charge in [0.25, 0.3) is 5.89 Å². The van der Waals surface area contributed by atoms with Gasteiger partial charge in [0.15, 0.2) is 0 Å². The molecule has 3 rings (SSSR count). The van der Waals surface area contributed by atoms with Crippen LogP contribution in [-0.4, -0.2) is 10.1 Å². The van der Waals surface area contributed by atoms with Crippen molar-refractivity contribution in [3.05, 3.63) is 52.0 Å². The zero-order valence-corrected chi connectivity index (χ0v) is 12.5. The minimum Gasteiger partial charge on any atom is -0.398 e. The molecule has 0 radical (unpaired) electrons. The van der Waals surface area contributed by atoms with Crippen LogP contribution in [0.5, 0.6) is 0 Å². The topological polar surface area (TPSA) is 64.9 Å². The summed E-state index contributed by atoms with van der Waals surface area (Å²) in [6.07, 6.45) is 0. The van der Waals surface area contributed by atoms with Gasteiger partial charge in [-0.05, 0) is 46.3 Å². The molecule has 0 aliphatic rings. The van der Waals surface area contributed by atoms with Crippen LogP contribution in [0.2, 0.25) is 5.02 Å². The lowest BCUT2D eigenvalue weighted by atomic mass is 10.2. The van der Waals surface area contributed by atoms with E-state index in [-0.39, 0.29) is 0 Å². The molecule has 0 saturated carbocycles. The minimum absolute atomic E-state index is 0.431. The van der Waals surface area contributed by atoms with Gasteiger partial charge in [-0.3, -0.25) is 0 Å². The molecule has 3 aromatic rings. The van der Waals surface area contributed by atoms with Crippen molar-refractivity contribution in [3.8, 4) is 22.8 Å². The highest BCUT2D eigenvalue weighted by Crippen LogP contribution is 2.28. The molecule has 1 heterocycles. The summed E-state index contributed by atoms with van der Waals surface area (Å²) in [5.74, 6) is 0.927. The first kappa shape index (κ1) is 13.1. The molecule has 0 aliphatic carbocycles. The lowest BCUT2D eigenvalue weighted by molar-refractivity contribution is 0.432. The Bertz CT molecular complexity index is 773. The normalized spacial score (nSPS) is 10.7. The second-order valence-corrected chi connectivity index (χ2v) is 5.46. The van der Waals surface area contributed by atoms with Crippen LogP contribution >= 0.6 is 27.5 Å². The molecule has 20 heavy (non-hydrogen) atoms. The molecule has 0 unspecified atom stereocenters. The van der Waals surface area contributed by atoms with Crippen LogP contribution in [0.4, 0.5) is 5.69 Å². The van der Waals surface area contributed by atoms with Gasteiger partial charge in [-0.15, -0.1) is 0 Å². The van der Waals surface area contributed by atoms with Crippen molar-refractivity contribution >= 4 is 33.2 Å². The number of nitrogens with two attached hydrogens (primary N) is 1. The smallest absolute Gasteiger partial charge is 0.258 e. The fraction of sp³-hybridized carbons (Fsp3) is 0. The third kappa shape index (κ3) is 2.55. The number of nitrogens with zero attached hydrogens (tertiary/aromatic N) is 2. The van der Waals surface area contributed by atoms with Gasteiger partial charge in [0.2, 0.25) is 5.82 Å². The van der Waals surface area contributed by atoms with Gasteiger partial charge in [-0.25, -0.2) is 0 Å². The molecule has 100 valence electrons. The molecule has 0 aliphatic heterocycles. The zero-order chi connectivity index (χ0) is 14.1. The minimum atomic E-state index is 0.431. The summed E-state index contributed by atoms with van der Waals surface area (Å²) in [6, 6.07) is 12.7. The summed E-state index contributed by atoms with van der Waals surface area (Å²) in [5, 5.41) is 4.59. The van der Waals surface area contributed by atoms with Crippen molar-refractivity contribution in [2.24, 2.45) is 0 Å². The summed E-state index contributed by atoms with van der Waals surface area (Å²) in [6.45, 7) is 0. The van der Waals surface area contributed by atoms with E-state index in [1.54, 1.807) is 18.2 Å². The van der Waals surface area contributed by atoms with Gasteiger partial charge in [-0.1, -0.05) is 28.9 Å². The maximum Gasteiger partial charge on any atom is 0.258 e. The van der Waals surface area contributed by atoms with E-state index in [9.17, 15) is 0 Å². The highest BCUT2D eigenvalue weighted by Gasteiger charge is 2.11. The predicted molar refractivity (Wildman–Crippen MR) is 82.3 cm³/mol. The van der Waals surface area contributed by atoms with Gasteiger partial charge < -0.3 is 10.3 Å². The maximum atomic E-state index is 5.95. The van der Waals surface area contributed by atoms with Crippen molar-refractivity contribution in [1.29, 1.82) is 0 Å². The predicted octanol–water partition coefficient (Wildman–Crippen LogP) is 4.40. The summed E-state index contributed by atoms with van der Waals surface area (Å²) in [7, 11) is 0. The lowest BCUT2D eigenvalue weighted by Crippen LogP contribution is -1.87. The van der Waals surface area contributed by atoms with Crippen molar-refractivity contribution in [2.75, 3.05) is 5.73 Å². The van der Waals surface area contributed by atoms with Crippen LogP contribution in [0.25, 0.3) is 22.8 Å². The lowest BCUT2D eigenvalue weighted by Gasteiger charge is -1.99. The third-order valence-corrected chi connectivity index (χ3v) is 3.68. The molecule has 0 fully saturated rings. The first-order chi connectivity index (χ1) is 9.63. The monoisotopic (exact) mass is 349 g/mol. The molecular weight excluding hydrogens is 342 g/mol. The number of hydrogen-bond donors (Lipinski definition) is 1. The van der Waals surface area contributed by atoms with Crippen molar-refractivity contribution in [1.82, 2.24) is 10.1 Å². The van der Waals surface area contributed by atoms with Gasteiger partial charge in [0, 0.05) is 26.3 Å². The molecule has 0 spiro atoms. The summed E-state index contributed by atoms with van der Waals surface area (Å²) in [4.78, 5) is 4.36. The largest absolute Gasteiger partial charge is 0.398 e. The Balaban J connectivity index is 1.99. The van der Waals surface area contributed by atoms with Crippen LogP contribution in [-0.2, 0) is 0 Å². The second-order valence-electron chi connectivity index (χ2n) is 4.17. The van der Waals surface area contributed by atoms with E-state index in [0.717, 1.165) is 15.6 Å². The Morgan fingerprint density at radius 1 is 1.10 bits per heavy atom. The molecule has 2 N–H and O–H groups in total. The average Bonchev–Trinajstić information content (AvgIpc) is 2.92. The Labute approximate surface area is 128 Å². The number of benzene rings is 2. The van der Waals surface area contributed by atoms with Crippen molar-refractivity contribution < 1.29 is 4.52 Å². The van der Waals surface area contributed by atoms with Crippen LogP contribution in [0.1, 0.15) is 0 Å². The molecule has 2 aromatic carbocycles. The van der Waals surface area contributed by atoms with Gasteiger partial charge >= 0.3 is 0 Å². The van der Waals surface area contributed by atoms with E-state index in [2.05, 4.69) is 26.1 Å². The average molecular weight is 351 g/mol. The standard InChI is InChI=1S/C14H9BrClN3O/c15-11-7-9(4-5-12(11)17)14-18-13(19-20-14)8-2-1-3-10(16)6-8/h1-7H,17H2. The summed E-state index contributed by atoms with van der Waals surface area (Å²) in [5.41, 5.74) is 8.01. The quantitative estimate of drug-likeness (QED) is 0.696. The molecule has 4 nitrogen and oxygen atoms in total. The number of rotatable bonds is 2. The van der Waals surface area contributed by atoms with E-state index < -0.39 is 0 Å². The van der Waals surface area contributed by atoms with Crippen LogP contribution < -0.4 is 5.73 Å². The van der Waals surface area contributed by atoms with Gasteiger partial charge in [0.1, 0.15) is 0 Å². The molecule has 0 atom stereocenters. The third-order valence-electron chi connectivity index (χ3n) is 2.76. The Morgan fingerprint density at radius 2 is 1.95 bits per heavy atom. The van der Waals surface area contributed by atoms with Crippen LogP contribution in [0.3, 0.4) is 0 Å². The molecular formula is C14H9BrClN3O. The van der Waals surface area contributed by atoms with Crippen molar-refractivity contribution in [3.63, 3.8) is 0 Å². The van der Waals surface area contributed by atoms with E-state index in [0.29, 0.717) is 22.4 Å². The Kier molecular flexibility index (Phi) is 3.46. The molecule has 1 aromatic heterocycles. The molecule has 6 heteroatoms. The number of aromatic nitrogens is 2. The molecule has 0 amide bonds. The van der Waals surface area contributed by atoms with E-state index >= 15 is 0 Å². The highest BCUT2D eigenvalue weighted by atomic mass is 79.9. The molecule has 0 saturated heterocycles. The van der Waals surface area contributed by atoms with E-state index in [1.807, 2.05) is 24.3 Å². The second kappa shape index (κ2) is 5.26. The Morgan fingerprint density at radius 3 is 2.70 bits per heavy atom. The zero-order valence-electron chi connectivity index (χ0n) is 10.2. The van der Waals surface area contributed by atoms with E-state index in [4.69, 9.17) is 21.9 Å². The van der Waals surface area contributed by atoms with Crippen LogP contribution in [0, 0.1) is 0 Å². The first-order valence-electron chi connectivity index (χ1n) is 5.78. The fourth-order valence-corrected chi connectivity index (χ4v) is 2.31. The van der Waals surface area contributed by atoms with Crippen LogP contribution in [0.15, 0.2) is 51.5 Å². The summed E-state index contributed by atoms with van der Waals surface area (Å²) >= 11 is 9.32. The fourth-order valence-electron chi connectivity index (χ4n) is 1.75. The molecule has 0 bridgehead atoms. The first-order valence-corrected chi connectivity index (χ1v) is 6.95. The number of hydrogen-bond acceptors (Lipinski definition) is 4. The summed E-state index contributed by atoms with van der Waals surface area (Å²) < 4.78 is 6.06. The Hall–Kier alpha value is -1.85. The van der Waals surface area contributed by atoms with Gasteiger partial charge in [0.05, 0.1) is 0 Å². The number of halogens is 2. The number of anilines is 1. The SMILES string of the molecule is Nc1ccc(-c2nc(-c3cccc(Cl)c3)no2)cc1Br. The van der Waals surface area contributed by atoms with E-state index in [1.165, 1.54) is 0 Å². The maximum absolute atomic E-state index is 5.95. The van der Waals surface area contributed by atoms with Gasteiger partial charge in [-0.2, -0.15) is 4.98 Å².